The van der Waals surface area contributed by atoms with E-state index in [0.717, 1.165) is 0 Å². The largest absolute Gasteiger partial charge is 0.394 e. The molecule has 0 spiro atoms. The van der Waals surface area contributed by atoms with Crippen molar-refractivity contribution in [3.05, 3.63) is 22.6 Å². The summed E-state index contributed by atoms with van der Waals surface area (Å²) in [6.45, 7) is -0.229. The Hall–Kier alpha value is -1.73. The molecule has 94 valence electrons. The Bertz CT molecular complexity index is 441. The van der Waals surface area contributed by atoms with Crippen molar-refractivity contribution in [2.75, 3.05) is 20.7 Å². The van der Waals surface area contributed by atoms with Crippen LogP contribution in [-0.4, -0.2) is 57.8 Å². The first-order valence-electron chi connectivity index (χ1n) is 5.10. The van der Waals surface area contributed by atoms with E-state index in [1.807, 2.05) is 0 Å². The van der Waals surface area contributed by atoms with Gasteiger partial charge in [0.25, 0.3) is 5.56 Å². The van der Waals surface area contributed by atoms with Crippen LogP contribution in [0.4, 0.5) is 5.95 Å². The molecule has 0 amide bonds. The summed E-state index contributed by atoms with van der Waals surface area (Å²) in [6.07, 6.45) is 2.08. The molecule has 0 aliphatic carbocycles. The molecule has 7 heteroatoms. The van der Waals surface area contributed by atoms with Crippen LogP contribution in [0.3, 0.4) is 0 Å². The van der Waals surface area contributed by atoms with Gasteiger partial charge in [0.1, 0.15) is 0 Å². The third kappa shape index (κ3) is 4.33. The predicted octanol–water partition coefficient (Wildman–Crippen LogP) is -1.18. The highest BCUT2D eigenvalue weighted by molar-refractivity contribution is 5.57. The molecular weight excluding hydrogens is 224 g/mol. The van der Waals surface area contributed by atoms with Crippen molar-refractivity contribution in [2.45, 2.75) is 12.6 Å². The van der Waals surface area contributed by atoms with Gasteiger partial charge in [-0.25, -0.2) is 4.99 Å². The second-order valence-corrected chi connectivity index (χ2v) is 3.76. The highest BCUT2D eigenvalue weighted by Crippen LogP contribution is 2.05. The molecule has 7 nitrogen and oxygen atoms in total. The first kappa shape index (κ1) is 13.3. The number of aliphatic hydroxyl groups is 2. The quantitative estimate of drug-likeness (QED) is 0.499. The second kappa shape index (κ2) is 6.12. The van der Waals surface area contributed by atoms with Gasteiger partial charge < -0.3 is 19.7 Å². The molecule has 0 bridgehead atoms. The van der Waals surface area contributed by atoms with E-state index in [1.54, 1.807) is 19.0 Å². The van der Waals surface area contributed by atoms with Crippen molar-refractivity contribution in [2.24, 2.45) is 4.99 Å². The van der Waals surface area contributed by atoms with Crippen molar-refractivity contribution in [1.82, 2.24) is 14.5 Å². The number of nitrogens with zero attached hydrogens (tertiary/aromatic N) is 4. The fourth-order valence-corrected chi connectivity index (χ4v) is 1.12. The number of hydrogen-bond acceptors (Lipinski definition) is 5. The van der Waals surface area contributed by atoms with E-state index in [9.17, 15) is 9.90 Å². The number of hydrogen-bond donors (Lipinski definition) is 2. The standard InChI is InChI=1S/C10H16N4O3/c1-13(2)7-11-10-12-9(17)3-4-14(10)5-8(16)6-15/h3-4,7-8,15-16H,5-6H2,1-2H3/t8-/m0/s1. The molecule has 17 heavy (non-hydrogen) atoms. The molecule has 0 aliphatic heterocycles. The van der Waals surface area contributed by atoms with E-state index in [0.29, 0.717) is 0 Å². The third-order valence-corrected chi connectivity index (χ3v) is 1.89. The van der Waals surface area contributed by atoms with Crippen molar-refractivity contribution < 1.29 is 10.2 Å². The zero-order valence-corrected chi connectivity index (χ0v) is 9.82. The molecule has 0 fully saturated rings. The summed E-state index contributed by atoms with van der Waals surface area (Å²) in [5.74, 6) is 0.193. The Labute approximate surface area is 98.7 Å². The normalized spacial score (nSPS) is 12.9. The first-order valence-corrected chi connectivity index (χ1v) is 5.10. The summed E-state index contributed by atoms with van der Waals surface area (Å²) in [5, 5.41) is 18.1. The van der Waals surface area contributed by atoms with Gasteiger partial charge in [0, 0.05) is 26.4 Å². The monoisotopic (exact) mass is 240 g/mol. The van der Waals surface area contributed by atoms with Crippen LogP contribution in [0.25, 0.3) is 0 Å². The summed E-state index contributed by atoms with van der Waals surface area (Å²) in [7, 11) is 3.58. The number of aliphatic hydroxyl groups excluding tert-OH is 2. The summed E-state index contributed by atoms with van der Waals surface area (Å²) >= 11 is 0. The zero-order valence-electron chi connectivity index (χ0n) is 9.82. The van der Waals surface area contributed by atoms with Crippen LogP contribution in [0.5, 0.6) is 0 Å². The molecule has 1 heterocycles. The van der Waals surface area contributed by atoms with Gasteiger partial charge in [-0.3, -0.25) is 4.79 Å². The molecular formula is C10H16N4O3. The number of aromatic nitrogens is 2. The maximum Gasteiger partial charge on any atom is 0.274 e. The fraction of sp³-hybridized carbons (Fsp3) is 0.500. The van der Waals surface area contributed by atoms with Gasteiger partial charge in [-0.1, -0.05) is 0 Å². The lowest BCUT2D eigenvalue weighted by Gasteiger charge is -2.12. The van der Waals surface area contributed by atoms with Crippen molar-refractivity contribution in [3.8, 4) is 0 Å². The van der Waals surface area contributed by atoms with E-state index >= 15 is 0 Å². The second-order valence-electron chi connectivity index (χ2n) is 3.76. The summed E-state index contributed by atoms with van der Waals surface area (Å²) < 4.78 is 1.50. The third-order valence-electron chi connectivity index (χ3n) is 1.89. The van der Waals surface area contributed by atoms with E-state index in [4.69, 9.17) is 5.11 Å². The topological polar surface area (TPSA) is 91.0 Å². The average Bonchev–Trinajstić information content (AvgIpc) is 2.29. The lowest BCUT2D eigenvalue weighted by Crippen LogP contribution is -2.22. The maximum atomic E-state index is 11.1. The molecule has 1 aromatic heterocycles. The molecule has 0 saturated carbocycles. The molecule has 1 aromatic rings. The van der Waals surface area contributed by atoms with E-state index in [1.165, 1.54) is 23.2 Å². The van der Waals surface area contributed by atoms with Gasteiger partial charge in [-0.05, 0) is 0 Å². The molecule has 1 atom stereocenters. The highest BCUT2D eigenvalue weighted by atomic mass is 16.3. The fourth-order valence-electron chi connectivity index (χ4n) is 1.12. The van der Waals surface area contributed by atoms with Gasteiger partial charge in [0.2, 0.25) is 5.95 Å². The van der Waals surface area contributed by atoms with Crippen LogP contribution in [0, 0.1) is 0 Å². The molecule has 0 aromatic carbocycles. The van der Waals surface area contributed by atoms with Crippen LogP contribution in [0.2, 0.25) is 0 Å². The Morgan fingerprint density at radius 1 is 1.65 bits per heavy atom. The van der Waals surface area contributed by atoms with Gasteiger partial charge in [-0.15, -0.1) is 0 Å². The Morgan fingerprint density at radius 2 is 2.35 bits per heavy atom. The SMILES string of the molecule is CN(C)C=Nc1nc(=O)ccn1C[C@H](O)CO. The molecule has 0 unspecified atom stereocenters. The number of rotatable bonds is 5. The molecule has 0 aliphatic rings. The van der Waals surface area contributed by atoms with Crippen molar-refractivity contribution in [1.29, 1.82) is 0 Å². The maximum absolute atomic E-state index is 11.1. The van der Waals surface area contributed by atoms with Crippen LogP contribution in [0.1, 0.15) is 0 Å². The van der Waals surface area contributed by atoms with Crippen molar-refractivity contribution in [3.63, 3.8) is 0 Å². The smallest absolute Gasteiger partial charge is 0.274 e. The summed E-state index contributed by atoms with van der Waals surface area (Å²) in [4.78, 5) is 20.6. The highest BCUT2D eigenvalue weighted by Gasteiger charge is 2.06. The van der Waals surface area contributed by atoms with Gasteiger partial charge in [0.05, 0.1) is 25.6 Å². The minimum absolute atomic E-state index is 0.129. The van der Waals surface area contributed by atoms with Gasteiger partial charge in [-0.2, -0.15) is 4.98 Å². The van der Waals surface area contributed by atoms with E-state index < -0.39 is 11.7 Å². The van der Waals surface area contributed by atoms with Crippen LogP contribution in [0.15, 0.2) is 22.1 Å². The predicted molar refractivity (Wildman–Crippen MR) is 63.4 cm³/mol. The first-order chi connectivity index (χ1) is 8.02. The summed E-state index contributed by atoms with van der Waals surface area (Å²) in [6, 6.07) is 1.28. The van der Waals surface area contributed by atoms with E-state index in [2.05, 4.69) is 9.98 Å². The van der Waals surface area contributed by atoms with Gasteiger partial charge in [0.15, 0.2) is 0 Å². The number of aliphatic imine (C=N–C) groups is 1. The zero-order chi connectivity index (χ0) is 12.8. The summed E-state index contributed by atoms with van der Waals surface area (Å²) in [5.41, 5.74) is -0.398. The Balaban J connectivity index is 2.99. The lowest BCUT2D eigenvalue weighted by atomic mass is 10.4. The molecule has 1 rings (SSSR count). The van der Waals surface area contributed by atoms with E-state index in [-0.39, 0.29) is 19.1 Å². The Morgan fingerprint density at radius 3 is 2.94 bits per heavy atom. The van der Waals surface area contributed by atoms with Gasteiger partial charge >= 0.3 is 0 Å². The Kier molecular flexibility index (Phi) is 4.80. The van der Waals surface area contributed by atoms with Crippen LogP contribution >= 0.6 is 0 Å². The average molecular weight is 240 g/mol. The lowest BCUT2D eigenvalue weighted by molar-refractivity contribution is 0.0812. The molecule has 2 N–H and O–H groups in total. The van der Waals surface area contributed by atoms with Crippen molar-refractivity contribution >= 4 is 12.3 Å². The minimum Gasteiger partial charge on any atom is -0.394 e. The minimum atomic E-state index is -0.910. The molecule has 0 radical (unpaired) electrons. The molecule has 0 saturated heterocycles. The van der Waals surface area contributed by atoms with Crippen LogP contribution in [-0.2, 0) is 6.54 Å². The van der Waals surface area contributed by atoms with Crippen LogP contribution < -0.4 is 5.56 Å².